The van der Waals surface area contributed by atoms with Gasteiger partial charge in [-0.15, -0.1) is 28.7 Å². The molecule has 2 aromatic carbocycles. The summed E-state index contributed by atoms with van der Waals surface area (Å²) in [6.07, 6.45) is 0. The number of anilines is 1. The summed E-state index contributed by atoms with van der Waals surface area (Å²) in [6, 6.07) is 10.2. The van der Waals surface area contributed by atoms with E-state index in [-0.39, 0.29) is 32.4 Å². The molecule has 2 unspecified atom stereocenters. The molecular weight excluding hydrogens is 542 g/mol. The predicted octanol–water partition coefficient (Wildman–Crippen LogP) is 3.16. The summed E-state index contributed by atoms with van der Waals surface area (Å²) in [5.74, 6) is 1.72. The Hall–Kier alpha value is -1.21. The lowest BCUT2D eigenvalue weighted by atomic mass is 10.0. The maximum Gasteiger partial charge on any atom is 0.244 e. The van der Waals surface area contributed by atoms with Crippen LogP contribution in [0.3, 0.4) is 0 Å². The zero-order valence-electron chi connectivity index (χ0n) is 17.7. The van der Waals surface area contributed by atoms with Crippen LogP contribution in [0.15, 0.2) is 41.3 Å². The SMILES string of the molecule is Br.CN1C(Nc2ccc3c(c2)OCCO3)SCC1(O)c1ccc(Cl)c(S(=O)(=O)N(C)C)c1. The summed E-state index contributed by atoms with van der Waals surface area (Å²) >= 11 is 7.67. The van der Waals surface area contributed by atoms with E-state index >= 15 is 0 Å². The molecule has 1 saturated heterocycles. The van der Waals surface area contributed by atoms with Gasteiger partial charge in [0.15, 0.2) is 17.2 Å². The van der Waals surface area contributed by atoms with Gasteiger partial charge in [0, 0.05) is 37.2 Å². The Morgan fingerprint density at radius 1 is 1.19 bits per heavy atom. The molecule has 0 bridgehead atoms. The van der Waals surface area contributed by atoms with Gasteiger partial charge in [-0.05, 0) is 31.3 Å². The first kappa shape index (κ1) is 25.4. The second kappa shape index (κ2) is 9.57. The molecule has 1 fully saturated rings. The number of rotatable bonds is 5. The number of halogens is 2. The molecule has 8 nitrogen and oxygen atoms in total. The summed E-state index contributed by atoms with van der Waals surface area (Å²) < 4.78 is 37.6. The number of benzene rings is 2. The fourth-order valence-corrected chi connectivity index (χ4v) is 6.22. The quantitative estimate of drug-likeness (QED) is 0.571. The summed E-state index contributed by atoms with van der Waals surface area (Å²) in [7, 11) is 0.916. The number of aliphatic hydroxyl groups is 1. The topological polar surface area (TPSA) is 91.3 Å². The Bertz CT molecular complexity index is 1100. The smallest absolute Gasteiger partial charge is 0.244 e. The lowest BCUT2D eigenvalue weighted by Gasteiger charge is -2.34. The van der Waals surface area contributed by atoms with E-state index in [1.807, 2.05) is 18.2 Å². The van der Waals surface area contributed by atoms with Crippen LogP contribution in [0.2, 0.25) is 5.02 Å². The van der Waals surface area contributed by atoms with E-state index in [0.717, 1.165) is 9.99 Å². The van der Waals surface area contributed by atoms with Gasteiger partial charge in [-0.1, -0.05) is 17.7 Å². The normalized spacial score (nSPS) is 23.1. The molecule has 2 atom stereocenters. The van der Waals surface area contributed by atoms with Crippen molar-refractivity contribution in [2.24, 2.45) is 0 Å². The molecule has 2 aliphatic heterocycles. The van der Waals surface area contributed by atoms with Crippen molar-refractivity contribution < 1.29 is 23.0 Å². The van der Waals surface area contributed by atoms with Crippen LogP contribution in [-0.2, 0) is 15.7 Å². The minimum absolute atomic E-state index is 0. The second-order valence-corrected chi connectivity index (χ2v) is 11.1. The van der Waals surface area contributed by atoms with Crippen LogP contribution in [0.1, 0.15) is 5.56 Å². The van der Waals surface area contributed by atoms with Crippen molar-refractivity contribution in [2.45, 2.75) is 16.1 Å². The fourth-order valence-electron chi connectivity index (χ4n) is 3.45. The van der Waals surface area contributed by atoms with Crippen molar-refractivity contribution in [1.82, 2.24) is 9.21 Å². The Morgan fingerprint density at radius 2 is 1.88 bits per heavy atom. The van der Waals surface area contributed by atoms with E-state index in [0.29, 0.717) is 36.0 Å². The summed E-state index contributed by atoms with van der Waals surface area (Å²) in [5, 5.41) is 15.0. The van der Waals surface area contributed by atoms with Gasteiger partial charge >= 0.3 is 0 Å². The van der Waals surface area contributed by atoms with Gasteiger partial charge in [0.1, 0.15) is 23.6 Å². The Balaban J connectivity index is 0.00000289. The molecule has 0 spiro atoms. The van der Waals surface area contributed by atoms with Crippen LogP contribution in [0.4, 0.5) is 5.69 Å². The third kappa shape index (κ3) is 4.56. The van der Waals surface area contributed by atoms with Gasteiger partial charge in [0.05, 0.1) is 5.02 Å². The number of nitrogens with one attached hydrogen (secondary N) is 1. The molecular formula is C20H25BrClN3O5S2. The van der Waals surface area contributed by atoms with Crippen molar-refractivity contribution >= 4 is 56.1 Å². The minimum Gasteiger partial charge on any atom is -0.486 e. The van der Waals surface area contributed by atoms with E-state index in [1.165, 1.54) is 38.0 Å². The van der Waals surface area contributed by atoms with Gasteiger partial charge in [0.25, 0.3) is 0 Å². The molecule has 2 heterocycles. The first-order valence-corrected chi connectivity index (χ1v) is 12.5. The minimum atomic E-state index is -3.75. The van der Waals surface area contributed by atoms with Gasteiger partial charge in [-0.3, -0.25) is 0 Å². The van der Waals surface area contributed by atoms with Gasteiger partial charge in [-0.25, -0.2) is 17.6 Å². The highest BCUT2D eigenvalue weighted by Crippen LogP contribution is 2.43. The number of hydrogen-bond donors (Lipinski definition) is 2. The van der Waals surface area contributed by atoms with Crippen molar-refractivity contribution in [1.29, 1.82) is 0 Å². The van der Waals surface area contributed by atoms with Gasteiger partial charge in [-0.2, -0.15) is 0 Å². The molecule has 0 aromatic heterocycles. The van der Waals surface area contributed by atoms with E-state index in [4.69, 9.17) is 21.1 Å². The molecule has 2 aromatic rings. The molecule has 0 radical (unpaired) electrons. The zero-order valence-corrected chi connectivity index (χ0v) is 21.8. The third-order valence-corrected chi connectivity index (χ3v) is 8.98. The predicted molar refractivity (Wildman–Crippen MR) is 132 cm³/mol. The monoisotopic (exact) mass is 565 g/mol. The fraction of sp³-hybridized carbons (Fsp3) is 0.400. The number of nitrogens with zero attached hydrogens (tertiary/aromatic N) is 2. The average molecular weight is 567 g/mol. The maximum atomic E-state index is 12.6. The van der Waals surface area contributed by atoms with Crippen molar-refractivity contribution in [3.8, 4) is 11.5 Å². The lowest BCUT2D eigenvalue weighted by molar-refractivity contribution is -0.0736. The molecule has 0 saturated carbocycles. The molecule has 2 N–H and O–H groups in total. The van der Waals surface area contributed by atoms with Crippen molar-refractivity contribution in [2.75, 3.05) is 45.4 Å². The van der Waals surface area contributed by atoms with Crippen LogP contribution in [0.5, 0.6) is 11.5 Å². The molecule has 0 aliphatic carbocycles. The van der Waals surface area contributed by atoms with Crippen LogP contribution in [-0.4, -0.2) is 68.3 Å². The highest BCUT2D eigenvalue weighted by Gasteiger charge is 2.45. The number of hydrogen-bond acceptors (Lipinski definition) is 8. The molecule has 0 amide bonds. The summed E-state index contributed by atoms with van der Waals surface area (Å²) in [5.41, 5.74) is -0.349. The average Bonchev–Trinajstić information content (AvgIpc) is 3.03. The van der Waals surface area contributed by atoms with Gasteiger partial charge in [0.2, 0.25) is 10.0 Å². The van der Waals surface area contributed by atoms with E-state index in [1.54, 1.807) is 18.0 Å². The number of ether oxygens (including phenoxy) is 2. The molecule has 2 aliphatic rings. The maximum absolute atomic E-state index is 12.6. The Kier molecular flexibility index (Phi) is 7.60. The zero-order chi connectivity index (χ0) is 22.4. The van der Waals surface area contributed by atoms with E-state index in [2.05, 4.69) is 5.32 Å². The number of thioether (sulfide) groups is 1. The summed E-state index contributed by atoms with van der Waals surface area (Å²) in [4.78, 5) is 1.73. The van der Waals surface area contributed by atoms with Crippen LogP contribution >= 0.6 is 40.3 Å². The van der Waals surface area contributed by atoms with E-state index in [9.17, 15) is 13.5 Å². The van der Waals surface area contributed by atoms with E-state index < -0.39 is 15.7 Å². The largest absolute Gasteiger partial charge is 0.486 e. The number of fused-ring (bicyclic) bond motifs is 1. The van der Waals surface area contributed by atoms with Crippen LogP contribution < -0.4 is 14.8 Å². The van der Waals surface area contributed by atoms with Crippen molar-refractivity contribution in [3.05, 3.63) is 47.0 Å². The Labute approximate surface area is 207 Å². The Morgan fingerprint density at radius 3 is 2.56 bits per heavy atom. The van der Waals surface area contributed by atoms with Crippen LogP contribution in [0.25, 0.3) is 0 Å². The first-order chi connectivity index (χ1) is 14.6. The lowest BCUT2D eigenvalue weighted by Crippen LogP contribution is -2.46. The molecule has 12 heteroatoms. The highest BCUT2D eigenvalue weighted by molar-refractivity contribution is 8.93. The third-order valence-electron chi connectivity index (χ3n) is 5.36. The second-order valence-electron chi connectivity index (χ2n) is 7.53. The number of sulfonamides is 1. The highest BCUT2D eigenvalue weighted by atomic mass is 79.9. The molecule has 176 valence electrons. The first-order valence-electron chi connectivity index (χ1n) is 9.58. The van der Waals surface area contributed by atoms with Gasteiger partial charge < -0.3 is 19.9 Å². The van der Waals surface area contributed by atoms with Crippen LogP contribution in [0, 0.1) is 0 Å². The molecule has 32 heavy (non-hydrogen) atoms. The molecule has 4 rings (SSSR count). The standard InChI is InChI=1S/C20H24ClN3O5S2.BrH/c1-23(2)31(26,27)18-10-13(4-6-15(18)21)20(25)12-30-19(24(20)3)22-14-5-7-16-17(11-14)29-9-8-28-16;/h4-7,10-11,19,22,25H,8-9,12H2,1-3H3;1H. The van der Waals surface area contributed by atoms with Crippen molar-refractivity contribution in [3.63, 3.8) is 0 Å². The summed E-state index contributed by atoms with van der Waals surface area (Å²) in [6.45, 7) is 1.03.